The van der Waals surface area contributed by atoms with E-state index in [1.807, 2.05) is 19.9 Å². The average molecular weight is 332 g/mol. The summed E-state index contributed by atoms with van der Waals surface area (Å²) in [5, 5.41) is 0. The molecule has 1 saturated carbocycles. The number of carbonyl (C=O) groups is 1. The molecule has 0 aromatic carbocycles. The van der Waals surface area contributed by atoms with Gasteiger partial charge >= 0.3 is 11.8 Å². The molecule has 0 bridgehead atoms. The van der Waals surface area contributed by atoms with Crippen LogP contribution in [0.25, 0.3) is 11.0 Å². The van der Waals surface area contributed by atoms with Gasteiger partial charge in [0.2, 0.25) is 0 Å². The lowest BCUT2D eigenvalue weighted by atomic mass is 10.1. The Bertz CT molecular complexity index is 755. The van der Waals surface area contributed by atoms with Crippen LogP contribution in [0.5, 0.6) is 0 Å². The molecule has 0 unspecified atom stereocenters. The van der Waals surface area contributed by atoms with E-state index in [-0.39, 0.29) is 23.9 Å². The number of ether oxygens (including phenoxy) is 1. The first-order chi connectivity index (χ1) is 11.7. The van der Waals surface area contributed by atoms with Crippen molar-refractivity contribution in [2.45, 2.75) is 51.7 Å². The molecular formula is C17H24N4O3. The van der Waals surface area contributed by atoms with Crippen LogP contribution in [0, 0.1) is 0 Å². The zero-order valence-corrected chi connectivity index (χ0v) is 14.2. The highest BCUT2D eigenvalue weighted by Crippen LogP contribution is 2.27. The Morgan fingerprint density at radius 2 is 1.96 bits per heavy atom. The van der Waals surface area contributed by atoms with Crippen LogP contribution in [0.3, 0.4) is 0 Å². The number of fused-ring (bicyclic) bond motifs is 1. The van der Waals surface area contributed by atoms with Crippen molar-refractivity contribution < 1.29 is 9.53 Å². The van der Waals surface area contributed by atoms with Gasteiger partial charge in [-0.15, -0.1) is 0 Å². The van der Waals surface area contributed by atoms with Crippen LogP contribution in [0.15, 0.2) is 23.3 Å². The molecule has 3 heterocycles. The van der Waals surface area contributed by atoms with Crippen molar-refractivity contribution in [3.63, 3.8) is 0 Å². The lowest BCUT2D eigenvalue weighted by Crippen LogP contribution is -2.41. The number of rotatable bonds is 2. The number of nitrogens with one attached hydrogen (secondary N) is 1. The summed E-state index contributed by atoms with van der Waals surface area (Å²) in [7, 11) is 0. The first kappa shape index (κ1) is 16.5. The van der Waals surface area contributed by atoms with Crippen LogP contribution in [0.1, 0.15) is 45.6 Å². The number of carbonyl (C=O) groups excluding carboxylic acids is 1. The molecule has 7 heteroatoms. The van der Waals surface area contributed by atoms with Gasteiger partial charge in [-0.1, -0.05) is 13.8 Å². The Balaban J connectivity index is 0.000000815. The summed E-state index contributed by atoms with van der Waals surface area (Å²) >= 11 is 0. The standard InChI is InChI=1S/C15H18N4O3.C2H6/c20-14-17-12-9-16-6-3-13(12)19(14)10-4-7-18(8-5-10)15(21)22-11-1-2-11;1-2/h3,6,9-11H,1-2,4-5,7-8H2,(H,17,20);1-2H3. The number of hydrogen-bond acceptors (Lipinski definition) is 4. The Morgan fingerprint density at radius 3 is 2.62 bits per heavy atom. The number of aromatic amines is 1. The van der Waals surface area contributed by atoms with Gasteiger partial charge in [0, 0.05) is 25.3 Å². The van der Waals surface area contributed by atoms with Gasteiger partial charge in [0.15, 0.2) is 0 Å². The maximum Gasteiger partial charge on any atom is 0.410 e. The molecule has 7 nitrogen and oxygen atoms in total. The molecule has 4 rings (SSSR count). The summed E-state index contributed by atoms with van der Waals surface area (Å²) in [6.45, 7) is 5.25. The molecule has 0 spiro atoms. The predicted molar refractivity (Wildman–Crippen MR) is 91.0 cm³/mol. The van der Waals surface area contributed by atoms with Gasteiger partial charge < -0.3 is 14.6 Å². The fraction of sp³-hybridized carbons (Fsp3) is 0.588. The van der Waals surface area contributed by atoms with Gasteiger partial charge in [0.25, 0.3) is 0 Å². The molecule has 1 aliphatic heterocycles. The van der Waals surface area contributed by atoms with Crippen LogP contribution in [0.2, 0.25) is 0 Å². The first-order valence-electron chi connectivity index (χ1n) is 8.72. The Labute approximate surface area is 140 Å². The second kappa shape index (κ2) is 7.07. The maximum absolute atomic E-state index is 12.2. The van der Waals surface area contributed by atoms with Crippen molar-refractivity contribution >= 4 is 17.1 Å². The molecule has 0 atom stereocenters. The quantitative estimate of drug-likeness (QED) is 0.917. The van der Waals surface area contributed by atoms with E-state index < -0.39 is 0 Å². The molecule has 1 saturated heterocycles. The average Bonchev–Trinajstić information content (AvgIpc) is 3.36. The first-order valence-corrected chi connectivity index (χ1v) is 8.72. The highest BCUT2D eigenvalue weighted by Gasteiger charge is 2.31. The molecule has 2 aliphatic rings. The van der Waals surface area contributed by atoms with E-state index in [9.17, 15) is 9.59 Å². The molecular weight excluding hydrogens is 308 g/mol. The molecule has 130 valence electrons. The number of pyridine rings is 1. The van der Waals surface area contributed by atoms with Crippen LogP contribution in [-0.2, 0) is 4.74 Å². The summed E-state index contributed by atoms with van der Waals surface area (Å²) in [5.74, 6) is 0. The van der Waals surface area contributed by atoms with Gasteiger partial charge in [-0.3, -0.25) is 9.55 Å². The summed E-state index contributed by atoms with van der Waals surface area (Å²) in [6, 6.07) is 1.95. The van der Waals surface area contributed by atoms with Gasteiger partial charge in [-0.2, -0.15) is 0 Å². The number of likely N-dealkylation sites (tertiary alicyclic amines) is 1. The Morgan fingerprint density at radius 1 is 1.25 bits per heavy atom. The van der Waals surface area contributed by atoms with Crippen LogP contribution < -0.4 is 5.69 Å². The van der Waals surface area contributed by atoms with Gasteiger partial charge in [0.05, 0.1) is 17.2 Å². The third kappa shape index (κ3) is 3.29. The number of amides is 1. The topological polar surface area (TPSA) is 80.2 Å². The lowest BCUT2D eigenvalue weighted by Gasteiger charge is -2.31. The van der Waals surface area contributed by atoms with Crippen LogP contribution >= 0.6 is 0 Å². The van der Waals surface area contributed by atoms with Gasteiger partial charge in [-0.25, -0.2) is 9.59 Å². The number of nitrogens with zero attached hydrogens (tertiary/aromatic N) is 3. The molecule has 2 fully saturated rings. The predicted octanol–water partition coefficient (Wildman–Crippen LogP) is 2.69. The number of imidazole rings is 1. The maximum atomic E-state index is 12.2. The van der Waals surface area contributed by atoms with Crippen molar-refractivity contribution in [2.75, 3.05) is 13.1 Å². The van der Waals surface area contributed by atoms with Crippen molar-refractivity contribution in [2.24, 2.45) is 0 Å². The normalized spacial score (nSPS) is 18.2. The minimum absolute atomic E-state index is 0.105. The summed E-state index contributed by atoms with van der Waals surface area (Å²) < 4.78 is 7.12. The zero-order chi connectivity index (χ0) is 17.1. The van der Waals surface area contributed by atoms with E-state index in [1.165, 1.54) is 0 Å². The van der Waals surface area contributed by atoms with E-state index in [0.29, 0.717) is 13.1 Å². The van der Waals surface area contributed by atoms with Gasteiger partial charge in [0.1, 0.15) is 6.10 Å². The molecule has 2 aromatic heterocycles. The van der Waals surface area contributed by atoms with E-state index >= 15 is 0 Å². The van der Waals surface area contributed by atoms with E-state index in [4.69, 9.17) is 4.74 Å². The molecule has 24 heavy (non-hydrogen) atoms. The highest BCUT2D eigenvalue weighted by molar-refractivity contribution is 5.74. The monoisotopic (exact) mass is 332 g/mol. The summed E-state index contributed by atoms with van der Waals surface area (Å²) in [5.41, 5.74) is 1.52. The summed E-state index contributed by atoms with van der Waals surface area (Å²) in [6.07, 6.45) is 6.76. The van der Waals surface area contributed by atoms with Gasteiger partial charge in [-0.05, 0) is 31.7 Å². The fourth-order valence-corrected chi connectivity index (χ4v) is 3.05. The van der Waals surface area contributed by atoms with Crippen LogP contribution in [0.4, 0.5) is 4.79 Å². The molecule has 2 aromatic rings. The van der Waals surface area contributed by atoms with Crippen molar-refractivity contribution in [1.82, 2.24) is 19.4 Å². The minimum Gasteiger partial charge on any atom is -0.446 e. The zero-order valence-electron chi connectivity index (χ0n) is 14.2. The SMILES string of the molecule is CC.O=C(OC1CC1)N1CCC(n2c(=O)[nH]c3cnccc32)CC1. The third-order valence-electron chi connectivity index (χ3n) is 4.40. The third-order valence-corrected chi connectivity index (χ3v) is 4.40. The molecule has 1 N–H and O–H groups in total. The van der Waals surface area contributed by atoms with Crippen molar-refractivity contribution in [1.29, 1.82) is 0 Å². The number of aromatic nitrogens is 3. The Kier molecular flexibility index (Phi) is 4.87. The molecule has 0 radical (unpaired) electrons. The largest absolute Gasteiger partial charge is 0.446 e. The smallest absolute Gasteiger partial charge is 0.410 e. The fourth-order valence-electron chi connectivity index (χ4n) is 3.05. The second-order valence-corrected chi connectivity index (χ2v) is 5.99. The van der Waals surface area contributed by atoms with E-state index in [1.54, 1.807) is 21.9 Å². The highest BCUT2D eigenvalue weighted by atomic mass is 16.6. The lowest BCUT2D eigenvalue weighted by molar-refractivity contribution is 0.0829. The second-order valence-electron chi connectivity index (χ2n) is 5.99. The van der Waals surface area contributed by atoms with E-state index in [2.05, 4.69) is 9.97 Å². The minimum atomic E-state index is -0.212. The van der Waals surface area contributed by atoms with Crippen molar-refractivity contribution in [3.05, 3.63) is 28.9 Å². The van der Waals surface area contributed by atoms with Crippen LogP contribution in [-0.4, -0.2) is 44.7 Å². The number of piperidine rings is 1. The van der Waals surface area contributed by atoms with E-state index in [0.717, 1.165) is 36.7 Å². The molecule has 1 amide bonds. The summed E-state index contributed by atoms with van der Waals surface area (Å²) in [4.78, 5) is 32.7. The molecule has 1 aliphatic carbocycles. The number of hydrogen-bond donors (Lipinski definition) is 1. The van der Waals surface area contributed by atoms with Crippen molar-refractivity contribution in [3.8, 4) is 0 Å². The Hall–Kier alpha value is -2.31. The number of H-pyrrole nitrogens is 1.